The fourth-order valence-electron chi connectivity index (χ4n) is 6.81. The summed E-state index contributed by atoms with van der Waals surface area (Å²) in [6, 6.07) is -0.0641. The Balaban J connectivity index is 1.20. The lowest BCUT2D eigenvalue weighted by molar-refractivity contribution is -0.144. The molecule has 0 aromatic heterocycles. The van der Waals surface area contributed by atoms with Crippen molar-refractivity contribution in [3.63, 3.8) is 0 Å². The van der Waals surface area contributed by atoms with Crippen molar-refractivity contribution in [1.82, 2.24) is 9.80 Å². The Kier molecular flexibility index (Phi) is 5.43. The van der Waals surface area contributed by atoms with Crippen molar-refractivity contribution >= 4 is 23.6 Å². The summed E-state index contributed by atoms with van der Waals surface area (Å²) >= 11 is 0. The predicted molar refractivity (Wildman–Crippen MR) is 111 cm³/mol. The predicted octanol–water partition coefficient (Wildman–Crippen LogP) is 2.52. The maximum Gasteiger partial charge on any atom is 0.233 e. The highest BCUT2D eigenvalue weighted by Gasteiger charge is 2.59. The lowest BCUT2D eigenvalue weighted by Gasteiger charge is -2.36. The van der Waals surface area contributed by atoms with E-state index in [-0.39, 0.29) is 35.8 Å². The summed E-state index contributed by atoms with van der Waals surface area (Å²) in [4.78, 5) is 53.9. The van der Waals surface area contributed by atoms with Gasteiger partial charge in [0.25, 0.3) is 0 Å². The summed E-state index contributed by atoms with van der Waals surface area (Å²) in [6.45, 7) is 2.31. The van der Waals surface area contributed by atoms with E-state index in [1.165, 1.54) is 29.7 Å². The average molecular weight is 431 g/mol. The topological polar surface area (TPSA) is 84.0 Å². The average Bonchev–Trinajstić information content (AvgIpc) is 3.14. The van der Waals surface area contributed by atoms with Crippen molar-refractivity contribution in [2.24, 2.45) is 29.6 Å². The van der Waals surface area contributed by atoms with Gasteiger partial charge in [0.2, 0.25) is 23.6 Å². The lowest BCUT2D eigenvalue weighted by Crippen LogP contribution is -2.44. The van der Waals surface area contributed by atoms with E-state index in [1.54, 1.807) is 0 Å². The van der Waals surface area contributed by atoms with Crippen LogP contribution in [0.5, 0.6) is 0 Å². The zero-order chi connectivity index (χ0) is 21.9. The molecule has 0 radical (unpaired) electrons. The third-order valence-electron chi connectivity index (χ3n) is 8.75. The fourth-order valence-corrected chi connectivity index (χ4v) is 6.81. The highest BCUT2D eigenvalue weighted by Crippen LogP contribution is 2.48. The van der Waals surface area contributed by atoms with E-state index in [9.17, 15) is 19.2 Å². The maximum absolute atomic E-state index is 13.2. The minimum atomic E-state index is -0.435. The molecule has 4 unspecified atom stereocenters. The first-order valence-electron chi connectivity index (χ1n) is 12.2. The van der Waals surface area contributed by atoms with Crippen LogP contribution in [-0.2, 0) is 23.9 Å². The summed E-state index contributed by atoms with van der Waals surface area (Å²) < 4.78 is 6.36. The number of carbonyl (C=O) groups is 4. The molecule has 5 fully saturated rings. The van der Waals surface area contributed by atoms with Gasteiger partial charge in [-0.15, -0.1) is 0 Å². The number of likely N-dealkylation sites (tertiary alicyclic amines) is 2. The number of hydrogen-bond donors (Lipinski definition) is 0. The van der Waals surface area contributed by atoms with E-state index in [4.69, 9.17) is 4.74 Å². The Morgan fingerprint density at radius 1 is 0.645 bits per heavy atom. The molecule has 2 heterocycles. The minimum absolute atomic E-state index is 0.0641. The van der Waals surface area contributed by atoms with Gasteiger partial charge in [0.15, 0.2) is 0 Å². The Bertz CT molecular complexity index is 739. The van der Waals surface area contributed by atoms with Crippen LogP contribution in [-0.4, -0.2) is 58.7 Å². The molecule has 5 aliphatic rings. The molecule has 2 saturated heterocycles. The van der Waals surface area contributed by atoms with Crippen LogP contribution in [0, 0.1) is 29.6 Å². The lowest BCUT2D eigenvalue weighted by atomic mass is 9.70. The van der Waals surface area contributed by atoms with Crippen LogP contribution >= 0.6 is 0 Å². The van der Waals surface area contributed by atoms with Crippen LogP contribution in [0.4, 0.5) is 0 Å². The molecule has 0 bridgehead atoms. The number of carbonyl (C=O) groups excluding carboxylic acids is 4. The van der Waals surface area contributed by atoms with E-state index < -0.39 is 23.7 Å². The van der Waals surface area contributed by atoms with Crippen molar-refractivity contribution in [3.8, 4) is 0 Å². The molecule has 5 rings (SSSR count). The molecule has 0 aromatic carbocycles. The third kappa shape index (κ3) is 3.53. The molecule has 31 heavy (non-hydrogen) atoms. The van der Waals surface area contributed by atoms with Crippen LogP contribution in [0.1, 0.15) is 71.1 Å². The fraction of sp³-hybridized carbons (Fsp3) is 0.833. The monoisotopic (exact) mass is 430 g/mol. The summed E-state index contributed by atoms with van der Waals surface area (Å²) in [5.74, 6) is -1.55. The quantitative estimate of drug-likeness (QED) is 0.643. The summed E-state index contributed by atoms with van der Waals surface area (Å²) in [7, 11) is 1.50. The van der Waals surface area contributed by atoms with Crippen molar-refractivity contribution in [2.75, 3.05) is 7.05 Å². The highest BCUT2D eigenvalue weighted by atomic mass is 16.5. The molecular formula is C24H34N2O5. The molecule has 4 amide bonds. The van der Waals surface area contributed by atoms with Gasteiger partial charge in [-0.1, -0.05) is 6.92 Å². The van der Waals surface area contributed by atoms with Crippen molar-refractivity contribution in [2.45, 2.75) is 89.4 Å². The SMILES string of the molecule is CC1CCC(OC2CCC(N3C(=O)C4CC5C(=O)N(C)C(=O)C5CC4C3=O)CC2)CC1. The molecule has 0 aromatic rings. The largest absolute Gasteiger partial charge is 0.375 e. The Hall–Kier alpha value is -1.76. The van der Waals surface area contributed by atoms with Gasteiger partial charge in [0.05, 0.1) is 35.9 Å². The minimum Gasteiger partial charge on any atom is -0.375 e. The molecular weight excluding hydrogens is 396 g/mol. The number of imide groups is 2. The van der Waals surface area contributed by atoms with Gasteiger partial charge in [0, 0.05) is 13.1 Å². The molecule has 4 atom stereocenters. The standard InChI is InChI=1S/C24H34N2O5/c1-13-3-7-15(8-4-13)31-16-9-5-14(6-10-16)26-23(29)19-11-17-18(12-20(19)24(26)30)22(28)25(2)21(17)27/h13-20H,3-12H2,1-2H3. The van der Waals surface area contributed by atoms with Crippen molar-refractivity contribution < 1.29 is 23.9 Å². The smallest absolute Gasteiger partial charge is 0.233 e. The van der Waals surface area contributed by atoms with Crippen LogP contribution in [0.15, 0.2) is 0 Å². The second-order valence-electron chi connectivity index (χ2n) is 10.6. The van der Waals surface area contributed by atoms with Crippen molar-refractivity contribution in [1.29, 1.82) is 0 Å². The maximum atomic E-state index is 13.2. The first-order chi connectivity index (χ1) is 14.8. The van der Waals surface area contributed by atoms with E-state index >= 15 is 0 Å². The van der Waals surface area contributed by atoms with Gasteiger partial charge in [-0.3, -0.25) is 29.0 Å². The van der Waals surface area contributed by atoms with Crippen LogP contribution < -0.4 is 0 Å². The molecule has 3 saturated carbocycles. The summed E-state index contributed by atoms with van der Waals surface area (Å²) in [5.41, 5.74) is 0. The molecule has 2 aliphatic heterocycles. The summed E-state index contributed by atoms with van der Waals surface area (Å²) in [5, 5.41) is 0. The van der Waals surface area contributed by atoms with Gasteiger partial charge in [-0.2, -0.15) is 0 Å². The van der Waals surface area contributed by atoms with E-state index in [2.05, 4.69) is 6.92 Å². The van der Waals surface area contributed by atoms with E-state index in [0.29, 0.717) is 18.9 Å². The Labute approximate surface area is 183 Å². The number of hydrogen-bond acceptors (Lipinski definition) is 5. The number of ether oxygens (including phenoxy) is 1. The first-order valence-corrected chi connectivity index (χ1v) is 12.2. The van der Waals surface area contributed by atoms with Gasteiger partial charge in [-0.25, -0.2) is 0 Å². The van der Waals surface area contributed by atoms with Crippen molar-refractivity contribution in [3.05, 3.63) is 0 Å². The first kappa shape index (κ1) is 21.1. The number of fused-ring (bicyclic) bond motifs is 2. The van der Waals surface area contributed by atoms with Gasteiger partial charge < -0.3 is 4.74 Å². The number of nitrogens with zero attached hydrogens (tertiary/aromatic N) is 2. The second kappa shape index (κ2) is 7.98. The van der Waals surface area contributed by atoms with Crippen LogP contribution in [0.25, 0.3) is 0 Å². The van der Waals surface area contributed by atoms with Gasteiger partial charge in [-0.05, 0) is 70.1 Å². The Morgan fingerprint density at radius 2 is 1.06 bits per heavy atom. The zero-order valence-electron chi connectivity index (χ0n) is 18.6. The van der Waals surface area contributed by atoms with Crippen LogP contribution in [0.3, 0.4) is 0 Å². The molecule has 3 aliphatic carbocycles. The summed E-state index contributed by atoms with van der Waals surface area (Å²) in [6.07, 6.45) is 9.38. The molecule has 170 valence electrons. The van der Waals surface area contributed by atoms with E-state index in [0.717, 1.165) is 44.4 Å². The van der Waals surface area contributed by atoms with Gasteiger partial charge in [0.1, 0.15) is 0 Å². The van der Waals surface area contributed by atoms with Crippen LogP contribution in [0.2, 0.25) is 0 Å². The number of rotatable bonds is 3. The van der Waals surface area contributed by atoms with Gasteiger partial charge >= 0.3 is 0 Å². The third-order valence-corrected chi connectivity index (χ3v) is 8.75. The molecule has 7 heteroatoms. The molecule has 0 N–H and O–H groups in total. The second-order valence-corrected chi connectivity index (χ2v) is 10.6. The molecule has 7 nitrogen and oxygen atoms in total. The Morgan fingerprint density at radius 3 is 1.55 bits per heavy atom. The highest BCUT2D eigenvalue weighted by molar-refractivity contribution is 6.09. The number of amides is 4. The molecule has 0 spiro atoms. The zero-order valence-corrected chi connectivity index (χ0v) is 18.6. The normalized spacial score (nSPS) is 43.4. The van der Waals surface area contributed by atoms with E-state index in [1.807, 2.05) is 0 Å².